The van der Waals surface area contributed by atoms with Crippen LogP contribution in [0.2, 0.25) is 0 Å². The van der Waals surface area contributed by atoms with Crippen LogP contribution in [0, 0.1) is 5.92 Å². The van der Waals surface area contributed by atoms with Gasteiger partial charge in [-0.05, 0) is 49.6 Å². The second kappa shape index (κ2) is 6.75. The van der Waals surface area contributed by atoms with E-state index in [-0.39, 0.29) is 0 Å². The molecule has 0 saturated carbocycles. The van der Waals surface area contributed by atoms with Gasteiger partial charge >= 0.3 is 0 Å². The summed E-state index contributed by atoms with van der Waals surface area (Å²) in [5, 5.41) is 0. The Balaban J connectivity index is 1.77. The lowest BCUT2D eigenvalue weighted by molar-refractivity contribution is 0.413. The summed E-state index contributed by atoms with van der Waals surface area (Å²) in [4.78, 5) is 11.1. The van der Waals surface area contributed by atoms with Crippen LogP contribution in [0.3, 0.4) is 0 Å². The van der Waals surface area contributed by atoms with E-state index in [0.717, 1.165) is 55.3 Å². The quantitative estimate of drug-likeness (QED) is 0.938. The van der Waals surface area contributed by atoms with Crippen molar-refractivity contribution in [2.45, 2.75) is 12.8 Å². The van der Waals surface area contributed by atoms with Crippen molar-refractivity contribution in [3.63, 3.8) is 0 Å². The molecule has 1 fully saturated rings. The highest BCUT2D eigenvalue weighted by molar-refractivity contribution is 5.63. The lowest BCUT2D eigenvalue weighted by atomic mass is 9.97. The molecule has 2 heterocycles. The van der Waals surface area contributed by atoms with E-state index < -0.39 is 0 Å². The first-order chi connectivity index (χ1) is 10.8. The molecule has 5 nitrogen and oxygen atoms in total. The molecule has 5 heteroatoms. The molecule has 0 amide bonds. The zero-order valence-corrected chi connectivity index (χ0v) is 12.9. The minimum absolute atomic E-state index is 0.652. The highest BCUT2D eigenvalue weighted by atomic mass is 16.5. The summed E-state index contributed by atoms with van der Waals surface area (Å²) in [6.45, 7) is 2.82. The maximum Gasteiger partial charge on any atom is 0.132 e. The third-order valence-corrected chi connectivity index (χ3v) is 4.31. The van der Waals surface area contributed by atoms with E-state index in [1.54, 1.807) is 13.4 Å². The molecule has 1 aliphatic rings. The molecular formula is C17H22N4O. The van der Waals surface area contributed by atoms with Gasteiger partial charge in [0.15, 0.2) is 0 Å². The number of aromatic nitrogens is 2. The fraction of sp³-hybridized carbons (Fsp3) is 0.412. The summed E-state index contributed by atoms with van der Waals surface area (Å²) in [5.74, 6) is 2.50. The number of ether oxygens (including phenoxy) is 1. The number of anilines is 1. The molecule has 3 rings (SSSR count). The second-order valence-corrected chi connectivity index (χ2v) is 5.66. The van der Waals surface area contributed by atoms with Gasteiger partial charge in [0.2, 0.25) is 0 Å². The lowest BCUT2D eigenvalue weighted by Gasteiger charge is -2.32. The van der Waals surface area contributed by atoms with Crippen molar-refractivity contribution in [1.82, 2.24) is 9.97 Å². The van der Waals surface area contributed by atoms with E-state index in [1.165, 1.54) is 0 Å². The third kappa shape index (κ3) is 3.20. The van der Waals surface area contributed by atoms with E-state index in [9.17, 15) is 0 Å². The van der Waals surface area contributed by atoms with Crippen LogP contribution in [0.1, 0.15) is 12.8 Å². The molecule has 1 aliphatic heterocycles. The molecule has 0 aliphatic carbocycles. The molecule has 0 unspecified atom stereocenters. The Bertz CT molecular complexity index is 606. The predicted molar refractivity (Wildman–Crippen MR) is 88.0 cm³/mol. The van der Waals surface area contributed by atoms with E-state index in [4.69, 9.17) is 10.5 Å². The van der Waals surface area contributed by atoms with Crippen molar-refractivity contribution in [2.24, 2.45) is 11.7 Å². The molecule has 22 heavy (non-hydrogen) atoms. The van der Waals surface area contributed by atoms with Gasteiger partial charge < -0.3 is 15.4 Å². The van der Waals surface area contributed by atoms with Crippen molar-refractivity contribution < 1.29 is 4.74 Å². The summed E-state index contributed by atoms with van der Waals surface area (Å²) in [6, 6.07) is 10.00. The van der Waals surface area contributed by atoms with Crippen LogP contribution in [0.25, 0.3) is 11.3 Å². The molecule has 2 N–H and O–H groups in total. The monoisotopic (exact) mass is 298 g/mol. The topological polar surface area (TPSA) is 64.3 Å². The molecule has 2 aromatic rings. The maximum absolute atomic E-state index is 5.76. The number of nitrogens with two attached hydrogens (primary N) is 1. The van der Waals surface area contributed by atoms with Crippen LogP contribution in [0.4, 0.5) is 5.82 Å². The van der Waals surface area contributed by atoms with E-state index in [2.05, 4.69) is 20.9 Å². The first kappa shape index (κ1) is 14.8. The molecule has 116 valence electrons. The summed E-state index contributed by atoms with van der Waals surface area (Å²) in [5.41, 5.74) is 7.77. The average molecular weight is 298 g/mol. The Morgan fingerprint density at radius 1 is 1.18 bits per heavy atom. The SMILES string of the molecule is COc1ccc(-c2cc(N3CCC(CN)CC3)ncn2)cc1. The van der Waals surface area contributed by atoms with E-state index in [0.29, 0.717) is 5.92 Å². The summed E-state index contributed by atoms with van der Waals surface area (Å²) >= 11 is 0. The smallest absolute Gasteiger partial charge is 0.132 e. The fourth-order valence-electron chi connectivity index (χ4n) is 2.84. The first-order valence-electron chi connectivity index (χ1n) is 7.71. The van der Waals surface area contributed by atoms with Gasteiger partial charge in [-0.15, -0.1) is 0 Å². The highest BCUT2D eigenvalue weighted by Crippen LogP contribution is 2.25. The van der Waals surface area contributed by atoms with E-state index in [1.807, 2.05) is 24.3 Å². The fourth-order valence-corrected chi connectivity index (χ4v) is 2.84. The number of hydrogen-bond acceptors (Lipinski definition) is 5. The van der Waals surface area contributed by atoms with Crippen LogP contribution in [-0.4, -0.2) is 36.7 Å². The second-order valence-electron chi connectivity index (χ2n) is 5.66. The Kier molecular flexibility index (Phi) is 4.53. The summed E-state index contributed by atoms with van der Waals surface area (Å²) in [6.07, 6.45) is 3.92. The minimum Gasteiger partial charge on any atom is -0.497 e. The van der Waals surface area contributed by atoms with Gasteiger partial charge in [-0.25, -0.2) is 9.97 Å². The minimum atomic E-state index is 0.652. The number of hydrogen-bond donors (Lipinski definition) is 1. The standard InChI is InChI=1S/C17H22N4O/c1-22-15-4-2-14(3-5-15)16-10-17(20-12-19-16)21-8-6-13(11-18)7-9-21/h2-5,10,12-13H,6-9,11,18H2,1H3. The van der Waals surface area contributed by atoms with Crippen LogP contribution < -0.4 is 15.4 Å². The Morgan fingerprint density at radius 3 is 2.55 bits per heavy atom. The van der Waals surface area contributed by atoms with Crippen molar-refractivity contribution in [3.8, 4) is 17.0 Å². The summed E-state index contributed by atoms with van der Waals surface area (Å²) in [7, 11) is 1.67. The number of rotatable bonds is 4. The van der Waals surface area contributed by atoms with Gasteiger partial charge in [0.1, 0.15) is 17.9 Å². The van der Waals surface area contributed by atoms with Crippen LogP contribution in [0.5, 0.6) is 5.75 Å². The van der Waals surface area contributed by atoms with Crippen molar-refractivity contribution in [1.29, 1.82) is 0 Å². The van der Waals surface area contributed by atoms with Gasteiger partial charge in [-0.3, -0.25) is 0 Å². The zero-order chi connectivity index (χ0) is 15.4. The molecule has 0 bridgehead atoms. The molecule has 0 radical (unpaired) electrons. The molecule has 0 spiro atoms. The number of piperidine rings is 1. The Labute approximate surface area is 131 Å². The van der Waals surface area contributed by atoms with E-state index >= 15 is 0 Å². The van der Waals surface area contributed by atoms with Crippen molar-refractivity contribution >= 4 is 5.82 Å². The van der Waals surface area contributed by atoms with Gasteiger partial charge in [0, 0.05) is 24.7 Å². The molecule has 1 saturated heterocycles. The van der Waals surface area contributed by atoms with Crippen LogP contribution in [-0.2, 0) is 0 Å². The number of benzene rings is 1. The highest BCUT2D eigenvalue weighted by Gasteiger charge is 2.19. The van der Waals surface area contributed by atoms with Crippen molar-refractivity contribution in [2.75, 3.05) is 31.6 Å². The average Bonchev–Trinajstić information content (AvgIpc) is 2.62. The zero-order valence-electron chi connectivity index (χ0n) is 12.9. The number of methoxy groups -OCH3 is 1. The third-order valence-electron chi connectivity index (χ3n) is 4.31. The van der Waals surface area contributed by atoms with Gasteiger partial charge in [-0.1, -0.05) is 0 Å². The Morgan fingerprint density at radius 2 is 1.91 bits per heavy atom. The molecule has 1 aromatic heterocycles. The lowest BCUT2D eigenvalue weighted by Crippen LogP contribution is -2.36. The summed E-state index contributed by atoms with van der Waals surface area (Å²) < 4.78 is 5.19. The van der Waals surface area contributed by atoms with Gasteiger partial charge in [-0.2, -0.15) is 0 Å². The van der Waals surface area contributed by atoms with Crippen LogP contribution >= 0.6 is 0 Å². The molecular weight excluding hydrogens is 276 g/mol. The largest absolute Gasteiger partial charge is 0.497 e. The Hall–Kier alpha value is -2.14. The molecule has 1 aromatic carbocycles. The van der Waals surface area contributed by atoms with Crippen molar-refractivity contribution in [3.05, 3.63) is 36.7 Å². The number of nitrogens with zero attached hydrogens (tertiary/aromatic N) is 3. The van der Waals surface area contributed by atoms with Crippen LogP contribution in [0.15, 0.2) is 36.7 Å². The first-order valence-corrected chi connectivity index (χ1v) is 7.71. The maximum atomic E-state index is 5.76. The normalized spacial score (nSPS) is 15.8. The van der Waals surface area contributed by atoms with Gasteiger partial charge in [0.05, 0.1) is 12.8 Å². The van der Waals surface area contributed by atoms with Gasteiger partial charge in [0.25, 0.3) is 0 Å². The molecule has 0 atom stereocenters. The predicted octanol–water partition coefficient (Wildman–Crippen LogP) is 2.33.